The van der Waals surface area contributed by atoms with Gasteiger partial charge in [-0.1, -0.05) is 24.3 Å². The zero-order valence-electron chi connectivity index (χ0n) is 13.1. The number of ether oxygens (including phenoxy) is 1. The Morgan fingerprint density at radius 1 is 1.17 bits per heavy atom. The van der Waals surface area contributed by atoms with E-state index in [0.29, 0.717) is 6.54 Å². The summed E-state index contributed by atoms with van der Waals surface area (Å²) in [6.07, 6.45) is 2.49. The van der Waals surface area contributed by atoms with Gasteiger partial charge in [-0.2, -0.15) is 0 Å². The van der Waals surface area contributed by atoms with Crippen LogP contribution in [0.3, 0.4) is 0 Å². The first-order valence-corrected chi connectivity index (χ1v) is 8.93. The quantitative estimate of drug-likeness (QED) is 0.848. The highest BCUT2D eigenvalue weighted by Gasteiger charge is 2.24. The monoisotopic (exact) mass is 330 g/mol. The molecule has 1 amide bonds. The molecular weight excluding hydrogens is 308 g/mol. The predicted molar refractivity (Wildman–Crippen MR) is 92.8 cm³/mol. The number of benzene rings is 1. The maximum Gasteiger partial charge on any atom is 0.258 e. The third-order valence-electron chi connectivity index (χ3n) is 4.06. The molecule has 1 fully saturated rings. The maximum atomic E-state index is 12.1. The molecule has 1 saturated heterocycles. The van der Waals surface area contributed by atoms with Crippen molar-refractivity contribution in [3.05, 3.63) is 52.7 Å². The topological polar surface area (TPSA) is 41.6 Å². The zero-order chi connectivity index (χ0) is 15.9. The molecule has 3 rings (SSSR count). The first-order valence-electron chi connectivity index (χ1n) is 8.05. The molecule has 2 heterocycles. The lowest BCUT2D eigenvalue weighted by Crippen LogP contribution is -2.38. The largest absolute Gasteiger partial charge is 0.484 e. The number of carbonyl (C=O) groups is 1. The number of thiophene rings is 1. The van der Waals surface area contributed by atoms with E-state index in [4.69, 9.17) is 4.74 Å². The lowest BCUT2D eigenvalue weighted by Gasteiger charge is -2.26. The van der Waals surface area contributed by atoms with Gasteiger partial charge in [0.05, 0.1) is 6.04 Å². The Labute approximate surface area is 141 Å². The number of nitrogens with one attached hydrogen (secondary N) is 1. The molecule has 1 atom stereocenters. The van der Waals surface area contributed by atoms with E-state index >= 15 is 0 Å². The first-order chi connectivity index (χ1) is 11.3. The summed E-state index contributed by atoms with van der Waals surface area (Å²) >= 11 is 1.76. The molecule has 122 valence electrons. The maximum absolute atomic E-state index is 12.1. The third-order valence-corrected chi connectivity index (χ3v) is 5.03. The van der Waals surface area contributed by atoms with E-state index in [2.05, 4.69) is 27.7 Å². The van der Waals surface area contributed by atoms with Gasteiger partial charge in [0.1, 0.15) is 5.75 Å². The number of likely N-dealkylation sites (tertiary alicyclic amines) is 1. The van der Waals surface area contributed by atoms with Gasteiger partial charge in [-0.05, 0) is 49.5 Å². The van der Waals surface area contributed by atoms with Crippen molar-refractivity contribution in [2.75, 3.05) is 26.2 Å². The van der Waals surface area contributed by atoms with Crippen molar-refractivity contribution in [2.45, 2.75) is 18.9 Å². The second-order valence-electron chi connectivity index (χ2n) is 5.68. The van der Waals surface area contributed by atoms with Gasteiger partial charge in [0.25, 0.3) is 5.91 Å². The van der Waals surface area contributed by atoms with Crippen LogP contribution in [-0.4, -0.2) is 37.0 Å². The van der Waals surface area contributed by atoms with Crippen molar-refractivity contribution in [3.8, 4) is 5.75 Å². The SMILES string of the molecule is O=C(COc1ccccc1)NC[C@@H](c1cccs1)N1CCCC1. The van der Waals surface area contributed by atoms with Crippen LogP contribution in [0.1, 0.15) is 23.8 Å². The van der Waals surface area contributed by atoms with Gasteiger partial charge < -0.3 is 10.1 Å². The third kappa shape index (κ3) is 4.56. The molecule has 23 heavy (non-hydrogen) atoms. The fraction of sp³-hybridized carbons (Fsp3) is 0.389. The molecule has 0 aliphatic carbocycles. The molecule has 0 unspecified atom stereocenters. The van der Waals surface area contributed by atoms with Crippen molar-refractivity contribution in [2.24, 2.45) is 0 Å². The molecule has 0 bridgehead atoms. The fourth-order valence-electron chi connectivity index (χ4n) is 2.87. The fourth-order valence-corrected chi connectivity index (χ4v) is 3.73. The van der Waals surface area contributed by atoms with Crippen LogP contribution in [-0.2, 0) is 4.79 Å². The van der Waals surface area contributed by atoms with E-state index in [-0.39, 0.29) is 18.6 Å². The molecule has 5 heteroatoms. The lowest BCUT2D eigenvalue weighted by atomic mass is 10.2. The molecule has 1 N–H and O–H groups in total. The predicted octanol–water partition coefficient (Wildman–Crippen LogP) is 3.08. The van der Waals surface area contributed by atoms with Gasteiger partial charge in [-0.3, -0.25) is 9.69 Å². The van der Waals surface area contributed by atoms with Gasteiger partial charge >= 0.3 is 0 Å². The summed E-state index contributed by atoms with van der Waals surface area (Å²) in [6, 6.07) is 13.9. The summed E-state index contributed by atoms with van der Waals surface area (Å²) in [5.41, 5.74) is 0. The van der Waals surface area contributed by atoms with Crippen LogP contribution in [0.4, 0.5) is 0 Å². The van der Waals surface area contributed by atoms with Crippen molar-refractivity contribution >= 4 is 17.2 Å². The molecule has 1 aromatic heterocycles. The summed E-state index contributed by atoms with van der Waals surface area (Å²) in [7, 11) is 0. The van der Waals surface area contributed by atoms with Crippen molar-refractivity contribution in [1.29, 1.82) is 0 Å². The molecule has 4 nitrogen and oxygen atoms in total. The lowest BCUT2D eigenvalue weighted by molar-refractivity contribution is -0.123. The molecule has 1 aromatic carbocycles. The number of carbonyl (C=O) groups excluding carboxylic acids is 1. The number of amides is 1. The van der Waals surface area contributed by atoms with E-state index in [1.54, 1.807) is 11.3 Å². The second kappa shape index (κ2) is 8.13. The number of hydrogen-bond donors (Lipinski definition) is 1. The summed E-state index contributed by atoms with van der Waals surface area (Å²) in [5.74, 6) is 0.645. The second-order valence-corrected chi connectivity index (χ2v) is 6.66. The highest BCUT2D eigenvalue weighted by molar-refractivity contribution is 7.10. The molecule has 1 aliphatic heterocycles. The van der Waals surface area contributed by atoms with Gasteiger partial charge in [-0.25, -0.2) is 0 Å². The van der Waals surface area contributed by atoms with Crippen LogP contribution in [0, 0.1) is 0 Å². The van der Waals surface area contributed by atoms with E-state index in [1.165, 1.54) is 17.7 Å². The van der Waals surface area contributed by atoms with Crippen molar-refractivity contribution < 1.29 is 9.53 Å². The summed E-state index contributed by atoms with van der Waals surface area (Å²) < 4.78 is 5.49. The van der Waals surface area contributed by atoms with E-state index < -0.39 is 0 Å². The van der Waals surface area contributed by atoms with E-state index in [0.717, 1.165) is 18.8 Å². The van der Waals surface area contributed by atoms with Gasteiger partial charge in [0.15, 0.2) is 6.61 Å². The average Bonchev–Trinajstić information content (AvgIpc) is 3.28. The smallest absolute Gasteiger partial charge is 0.258 e. The zero-order valence-corrected chi connectivity index (χ0v) is 13.9. The minimum atomic E-state index is -0.0744. The van der Waals surface area contributed by atoms with E-state index in [9.17, 15) is 4.79 Å². The molecular formula is C18H22N2O2S. The highest BCUT2D eigenvalue weighted by Crippen LogP contribution is 2.27. The minimum absolute atomic E-state index is 0.0567. The van der Waals surface area contributed by atoms with Crippen LogP contribution >= 0.6 is 11.3 Å². The van der Waals surface area contributed by atoms with Crippen LogP contribution in [0.25, 0.3) is 0 Å². The van der Waals surface area contributed by atoms with E-state index in [1.807, 2.05) is 30.3 Å². The minimum Gasteiger partial charge on any atom is -0.484 e. The van der Waals surface area contributed by atoms with Crippen LogP contribution in [0.5, 0.6) is 5.75 Å². The molecule has 2 aromatic rings. The number of nitrogens with zero attached hydrogens (tertiary/aromatic N) is 1. The molecule has 1 aliphatic rings. The van der Waals surface area contributed by atoms with Gasteiger partial charge in [-0.15, -0.1) is 11.3 Å². The van der Waals surface area contributed by atoms with Gasteiger partial charge in [0.2, 0.25) is 0 Å². The van der Waals surface area contributed by atoms with Crippen LogP contribution in [0.15, 0.2) is 47.8 Å². The Kier molecular flexibility index (Phi) is 5.66. The number of rotatable bonds is 7. The molecule has 0 saturated carbocycles. The number of hydrogen-bond acceptors (Lipinski definition) is 4. The van der Waals surface area contributed by atoms with Gasteiger partial charge in [0, 0.05) is 11.4 Å². The van der Waals surface area contributed by atoms with Crippen LogP contribution in [0.2, 0.25) is 0 Å². The normalized spacial score (nSPS) is 16.2. The molecule has 0 spiro atoms. The Bertz CT molecular complexity index is 595. The Balaban J connectivity index is 1.51. The average molecular weight is 330 g/mol. The Morgan fingerprint density at radius 2 is 1.96 bits per heavy atom. The van der Waals surface area contributed by atoms with Crippen molar-refractivity contribution in [3.63, 3.8) is 0 Å². The molecule has 0 radical (unpaired) electrons. The van der Waals surface area contributed by atoms with Crippen LogP contribution < -0.4 is 10.1 Å². The Hall–Kier alpha value is -1.85. The summed E-state index contributed by atoms with van der Waals surface area (Å²) in [4.78, 5) is 15.8. The number of para-hydroxylation sites is 1. The summed E-state index contributed by atoms with van der Waals surface area (Å²) in [6.45, 7) is 2.91. The first kappa shape index (κ1) is 16.0. The standard InChI is InChI=1S/C18H22N2O2S/c21-18(14-22-15-7-2-1-3-8-15)19-13-16(17-9-6-12-23-17)20-10-4-5-11-20/h1-3,6-9,12,16H,4-5,10-11,13-14H2,(H,19,21)/t16-/m0/s1. The highest BCUT2D eigenvalue weighted by atomic mass is 32.1. The Morgan fingerprint density at radius 3 is 2.65 bits per heavy atom. The summed E-state index contributed by atoms with van der Waals surface area (Å²) in [5, 5.41) is 5.12. The van der Waals surface area contributed by atoms with Crippen molar-refractivity contribution in [1.82, 2.24) is 10.2 Å².